The van der Waals surface area contributed by atoms with Gasteiger partial charge in [-0.2, -0.15) is 0 Å². The standard InChI is InChI=1S/C19H15NO4/c1-11-16(22-12(2)21)14-8-9-20-10-15(14)18-17(11)23-19(24-18)13-6-4-3-5-7-13/h3-10,19H,1-2H3. The Kier molecular flexibility index (Phi) is 3.34. The Hall–Kier alpha value is -3.08. The minimum atomic E-state index is -0.532. The second-order valence-electron chi connectivity index (χ2n) is 5.61. The van der Waals surface area contributed by atoms with Crippen LogP contribution in [-0.4, -0.2) is 11.0 Å². The van der Waals surface area contributed by atoms with Gasteiger partial charge in [0.05, 0.1) is 0 Å². The minimum absolute atomic E-state index is 0.380. The predicted molar refractivity (Wildman–Crippen MR) is 88.2 cm³/mol. The predicted octanol–water partition coefficient (Wildman–Crippen LogP) is 3.94. The van der Waals surface area contributed by atoms with E-state index in [1.807, 2.05) is 37.3 Å². The lowest BCUT2D eigenvalue weighted by molar-refractivity contribution is -0.131. The summed E-state index contributed by atoms with van der Waals surface area (Å²) in [5, 5.41) is 1.53. The molecule has 2 aromatic carbocycles. The molecule has 0 aliphatic carbocycles. The SMILES string of the molecule is CC(=O)Oc1c(C)c2c(c3cnccc13)OC(c1ccccc1)O2. The molecule has 24 heavy (non-hydrogen) atoms. The Morgan fingerprint density at radius 3 is 2.58 bits per heavy atom. The number of carbonyl (C=O) groups excluding carboxylic acids is 1. The van der Waals surface area contributed by atoms with Crippen LogP contribution in [0.15, 0.2) is 48.8 Å². The maximum Gasteiger partial charge on any atom is 0.308 e. The van der Waals surface area contributed by atoms with Gasteiger partial charge in [0.15, 0.2) is 11.5 Å². The van der Waals surface area contributed by atoms with Crippen LogP contribution < -0.4 is 14.2 Å². The number of nitrogens with zero attached hydrogens (tertiary/aromatic N) is 1. The van der Waals surface area contributed by atoms with Crippen LogP contribution in [0.4, 0.5) is 0 Å². The van der Waals surface area contributed by atoms with Crippen LogP contribution in [0.5, 0.6) is 17.2 Å². The third-order valence-electron chi connectivity index (χ3n) is 3.97. The summed E-state index contributed by atoms with van der Waals surface area (Å²) in [4.78, 5) is 15.6. The first-order valence-electron chi connectivity index (χ1n) is 7.62. The Bertz CT molecular complexity index is 937. The molecule has 2 heterocycles. The van der Waals surface area contributed by atoms with Crippen molar-refractivity contribution in [3.8, 4) is 17.2 Å². The normalized spacial score (nSPS) is 15.5. The molecule has 0 spiro atoms. The minimum Gasteiger partial charge on any atom is -0.446 e. The van der Waals surface area contributed by atoms with Gasteiger partial charge in [0.25, 0.3) is 6.29 Å². The zero-order chi connectivity index (χ0) is 16.7. The number of rotatable bonds is 2. The first kappa shape index (κ1) is 14.5. The quantitative estimate of drug-likeness (QED) is 0.528. The van der Waals surface area contributed by atoms with Crippen molar-refractivity contribution in [3.05, 3.63) is 59.9 Å². The van der Waals surface area contributed by atoms with Crippen molar-refractivity contribution in [2.45, 2.75) is 20.1 Å². The second kappa shape index (κ2) is 5.53. The van der Waals surface area contributed by atoms with E-state index >= 15 is 0 Å². The van der Waals surface area contributed by atoms with E-state index in [4.69, 9.17) is 14.2 Å². The molecule has 5 nitrogen and oxygen atoms in total. The molecular weight excluding hydrogens is 306 g/mol. The molecule has 0 saturated carbocycles. The fourth-order valence-corrected chi connectivity index (χ4v) is 2.89. The molecule has 0 radical (unpaired) electrons. The number of carbonyl (C=O) groups is 1. The van der Waals surface area contributed by atoms with Gasteiger partial charge in [-0.25, -0.2) is 0 Å². The Morgan fingerprint density at radius 2 is 1.83 bits per heavy atom. The summed E-state index contributed by atoms with van der Waals surface area (Å²) in [5.41, 5.74) is 1.65. The monoisotopic (exact) mass is 321 g/mol. The fraction of sp³-hybridized carbons (Fsp3) is 0.158. The summed E-state index contributed by atoms with van der Waals surface area (Å²) in [5.74, 6) is 1.31. The van der Waals surface area contributed by atoms with Crippen LogP contribution in [0.2, 0.25) is 0 Å². The lowest BCUT2D eigenvalue weighted by Gasteiger charge is -2.12. The number of hydrogen-bond acceptors (Lipinski definition) is 5. The third-order valence-corrected chi connectivity index (χ3v) is 3.97. The van der Waals surface area contributed by atoms with E-state index in [1.54, 1.807) is 18.5 Å². The molecule has 120 valence electrons. The van der Waals surface area contributed by atoms with E-state index in [2.05, 4.69) is 4.98 Å². The summed E-state index contributed by atoms with van der Waals surface area (Å²) < 4.78 is 17.5. The molecule has 0 amide bonds. The van der Waals surface area contributed by atoms with Crippen LogP contribution in [0, 0.1) is 6.92 Å². The average molecular weight is 321 g/mol. The van der Waals surface area contributed by atoms with E-state index in [1.165, 1.54) is 6.92 Å². The maximum absolute atomic E-state index is 11.5. The number of aromatic nitrogens is 1. The van der Waals surface area contributed by atoms with Crippen LogP contribution in [0.1, 0.15) is 24.3 Å². The van der Waals surface area contributed by atoms with Gasteiger partial charge in [-0.15, -0.1) is 0 Å². The van der Waals surface area contributed by atoms with Gasteiger partial charge in [-0.3, -0.25) is 9.78 Å². The van der Waals surface area contributed by atoms with Crippen LogP contribution in [0.3, 0.4) is 0 Å². The smallest absolute Gasteiger partial charge is 0.308 e. The van der Waals surface area contributed by atoms with Gasteiger partial charge < -0.3 is 14.2 Å². The molecule has 5 heteroatoms. The molecule has 0 N–H and O–H groups in total. The van der Waals surface area contributed by atoms with Gasteiger partial charge in [0.2, 0.25) is 0 Å². The largest absolute Gasteiger partial charge is 0.446 e. The molecule has 1 aliphatic rings. The number of pyridine rings is 1. The summed E-state index contributed by atoms with van der Waals surface area (Å²) in [6.07, 6.45) is 2.82. The van der Waals surface area contributed by atoms with Crippen LogP contribution in [0.25, 0.3) is 10.8 Å². The molecular formula is C19H15NO4. The van der Waals surface area contributed by atoms with Gasteiger partial charge in [0, 0.05) is 41.2 Å². The van der Waals surface area contributed by atoms with Crippen molar-refractivity contribution in [2.24, 2.45) is 0 Å². The Morgan fingerprint density at radius 1 is 1.08 bits per heavy atom. The fourth-order valence-electron chi connectivity index (χ4n) is 2.89. The third kappa shape index (κ3) is 2.25. The topological polar surface area (TPSA) is 57.7 Å². The molecule has 1 atom stereocenters. The van der Waals surface area contributed by atoms with Crippen molar-refractivity contribution >= 4 is 16.7 Å². The number of benzene rings is 2. The maximum atomic E-state index is 11.5. The number of ether oxygens (including phenoxy) is 3. The summed E-state index contributed by atoms with van der Waals surface area (Å²) in [7, 11) is 0. The van der Waals surface area contributed by atoms with Gasteiger partial charge in [0.1, 0.15) is 5.75 Å². The van der Waals surface area contributed by atoms with Crippen molar-refractivity contribution in [3.63, 3.8) is 0 Å². The van der Waals surface area contributed by atoms with E-state index < -0.39 is 6.29 Å². The lowest BCUT2D eigenvalue weighted by atomic mass is 10.1. The average Bonchev–Trinajstić information content (AvgIpc) is 3.05. The van der Waals surface area contributed by atoms with Crippen LogP contribution >= 0.6 is 0 Å². The highest BCUT2D eigenvalue weighted by atomic mass is 16.7. The molecule has 0 saturated heterocycles. The highest BCUT2D eigenvalue weighted by Gasteiger charge is 2.32. The van der Waals surface area contributed by atoms with E-state index in [-0.39, 0.29) is 5.97 Å². The first-order valence-corrected chi connectivity index (χ1v) is 7.62. The lowest BCUT2D eigenvalue weighted by Crippen LogP contribution is -2.07. The Balaban J connectivity index is 1.88. The number of hydrogen-bond donors (Lipinski definition) is 0. The zero-order valence-electron chi connectivity index (χ0n) is 13.3. The highest BCUT2D eigenvalue weighted by molar-refractivity contribution is 5.98. The highest BCUT2D eigenvalue weighted by Crippen LogP contribution is 2.51. The van der Waals surface area contributed by atoms with Crippen molar-refractivity contribution in [2.75, 3.05) is 0 Å². The molecule has 1 unspecified atom stereocenters. The molecule has 1 aromatic heterocycles. The molecule has 0 bridgehead atoms. The van der Waals surface area contributed by atoms with Crippen molar-refractivity contribution in [1.82, 2.24) is 4.98 Å². The molecule has 4 rings (SSSR count). The number of fused-ring (bicyclic) bond motifs is 3. The summed E-state index contributed by atoms with van der Waals surface area (Å²) in [6.45, 7) is 3.23. The van der Waals surface area contributed by atoms with E-state index in [0.29, 0.717) is 17.2 Å². The van der Waals surface area contributed by atoms with E-state index in [0.717, 1.165) is 21.9 Å². The van der Waals surface area contributed by atoms with E-state index in [9.17, 15) is 4.79 Å². The summed E-state index contributed by atoms with van der Waals surface area (Å²) >= 11 is 0. The molecule has 0 fully saturated rings. The summed E-state index contributed by atoms with van der Waals surface area (Å²) in [6, 6.07) is 11.5. The molecule has 3 aromatic rings. The van der Waals surface area contributed by atoms with Crippen molar-refractivity contribution in [1.29, 1.82) is 0 Å². The van der Waals surface area contributed by atoms with Crippen molar-refractivity contribution < 1.29 is 19.0 Å². The first-order chi connectivity index (χ1) is 11.6. The molecule has 1 aliphatic heterocycles. The Labute approximate surface area is 138 Å². The second-order valence-corrected chi connectivity index (χ2v) is 5.61. The number of esters is 1. The van der Waals surface area contributed by atoms with Gasteiger partial charge >= 0.3 is 5.97 Å². The van der Waals surface area contributed by atoms with Gasteiger partial charge in [-0.1, -0.05) is 30.3 Å². The zero-order valence-corrected chi connectivity index (χ0v) is 13.3. The van der Waals surface area contributed by atoms with Crippen LogP contribution in [-0.2, 0) is 4.79 Å². The van der Waals surface area contributed by atoms with Gasteiger partial charge in [-0.05, 0) is 13.0 Å².